The number of carbonyl (C=O) groups is 1. The van der Waals surface area contributed by atoms with Gasteiger partial charge in [0, 0.05) is 17.2 Å². The Labute approximate surface area is 190 Å². The summed E-state index contributed by atoms with van der Waals surface area (Å²) in [5, 5.41) is 11.6. The van der Waals surface area contributed by atoms with Crippen molar-refractivity contribution in [3.8, 4) is 0 Å². The fourth-order valence-corrected chi connectivity index (χ4v) is 4.71. The number of methoxy groups -OCH3 is 1. The van der Waals surface area contributed by atoms with E-state index in [9.17, 15) is 19.7 Å². The molecule has 1 aromatic heterocycles. The van der Waals surface area contributed by atoms with Gasteiger partial charge in [-0.05, 0) is 36.3 Å². The molecule has 32 heavy (non-hydrogen) atoms. The summed E-state index contributed by atoms with van der Waals surface area (Å²) >= 11 is 7.17. The molecule has 2 heterocycles. The minimum Gasteiger partial charge on any atom is -0.466 e. The highest BCUT2D eigenvalue weighted by Gasteiger charge is 2.33. The van der Waals surface area contributed by atoms with Crippen molar-refractivity contribution >= 4 is 40.7 Å². The van der Waals surface area contributed by atoms with Crippen molar-refractivity contribution in [1.82, 2.24) is 4.57 Å². The molecule has 0 fully saturated rings. The lowest BCUT2D eigenvalue weighted by Crippen LogP contribution is -2.39. The number of nitro benzene ring substituents is 1. The van der Waals surface area contributed by atoms with Gasteiger partial charge in [0.1, 0.15) is 0 Å². The normalized spacial score (nSPS) is 15.8. The van der Waals surface area contributed by atoms with E-state index in [2.05, 4.69) is 4.99 Å². The van der Waals surface area contributed by atoms with Crippen molar-refractivity contribution in [2.24, 2.45) is 4.99 Å². The number of carbonyl (C=O) groups excluding carboxylic acids is 1. The molecule has 0 aliphatic carbocycles. The second-order valence-electron chi connectivity index (χ2n) is 6.98. The third-order valence-electron chi connectivity index (χ3n) is 4.99. The van der Waals surface area contributed by atoms with Crippen LogP contribution >= 0.6 is 22.9 Å². The van der Waals surface area contributed by atoms with Crippen LogP contribution in [0.2, 0.25) is 5.02 Å². The highest BCUT2D eigenvalue weighted by atomic mass is 35.5. The maximum atomic E-state index is 13.4. The quantitative estimate of drug-likeness (QED) is 0.332. The molecule has 1 aliphatic rings. The highest BCUT2D eigenvalue weighted by molar-refractivity contribution is 7.07. The number of benzene rings is 2. The van der Waals surface area contributed by atoms with Gasteiger partial charge >= 0.3 is 5.97 Å². The molecule has 1 unspecified atom stereocenters. The first-order valence-corrected chi connectivity index (χ1v) is 10.6. The number of nitrogens with zero attached hydrogens (tertiary/aromatic N) is 3. The number of rotatable bonds is 4. The number of hydrogen-bond donors (Lipinski definition) is 0. The summed E-state index contributed by atoms with van der Waals surface area (Å²) in [7, 11) is 1.27. The lowest BCUT2D eigenvalue weighted by Gasteiger charge is -2.24. The van der Waals surface area contributed by atoms with Crippen LogP contribution in [0.1, 0.15) is 24.1 Å². The van der Waals surface area contributed by atoms with Crippen molar-refractivity contribution < 1.29 is 14.5 Å². The number of hydrogen-bond acceptors (Lipinski definition) is 7. The van der Waals surface area contributed by atoms with Gasteiger partial charge in [0.25, 0.3) is 11.2 Å². The number of allylic oxidation sites excluding steroid dienone is 1. The first kappa shape index (κ1) is 21.7. The highest BCUT2D eigenvalue weighted by Crippen LogP contribution is 2.31. The maximum Gasteiger partial charge on any atom is 0.338 e. The van der Waals surface area contributed by atoms with Crippen LogP contribution in [0.4, 0.5) is 5.69 Å². The monoisotopic (exact) mass is 469 g/mol. The number of halogens is 1. The molecule has 8 nitrogen and oxygen atoms in total. The standard InChI is InChI=1S/C22H16ClN3O5S/c1-12-18(21(28)31-2)19(14-6-8-15(23)9-7-14)25-20(27)17(32-22(25)24-12)11-13-4-3-5-16(10-13)26(29)30/h3-11,19H,1-2H3/b17-11+. The van der Waals surface area contributed by atoms with Gasteiger partial charge in [0.15, 0.2) is 4.80 Å². The Balaban J connectivity index is 1.95. The van der Waals surface area contributed by atoms with Crippen LogP contribution in [0.15, 0.2) is 69.6 Å². The van der Waals surface area contributed by atoms with E-state index in [-0.39, 0.29) is 16.8 Å². The van der Waals surface area contributed by atoms with Gasteiger partial charge in [-0.25, -0.2) is 9.79 Å². The zero-order chi connectivity index (χ0) is 23.0. The minimum absolute atomic E-state index is 0.0746. The molecule has 10 heteroatoms. The summed E-state index contributed by atoms with van der Waals surface area (Å²) < 4.78 is 6.74. The molecular formula is C22H16ClN3O5S. The zero-order valence-electron chi connectivity index (χ0n) is 16.9. The number of thiazole rings is 1. The van der Waals surface area contributed by atoms with Gasteiger partial charge in [-0.1, -0.05) is 47.2 Å². The SMILES string of the molecule is COC(=O)C1=C(C)N=c2s/c(=C/c3cccc([N+](=O)[O-])c3)c(=O)n2C1c1ccc(Cl)cc1. The van der Waals surface area contributed by atoms with E-state index in [0.29, 0.717) is 31.2 Å². The molecule has 3 aromatic rings. The van der Waals surface area contributed by atoms with E-state index in [0.717, 1.165) is 11.3 Å². The Morgan fingerprint density at radius 1 is 1.28 bits per heavy atom. The molecule has 1 atom stereocenters. The third kappa shape index (κ3) is 3.88. The summed E-state index contributed by atoms with van der Waals surface area (Å²) in [6.45, 7) is 1.69. The molecular weight excluding hydrogens is 454 g/mol. The van der Waals surface area contributed by atoms with Gasteiger partial charge < -0.3 is 4.74 Å². The van der Waals surface area contributed by atoms with Crippen LogP contribution < -0.4 is 14.9 Å². The van der Waals surface area contributed by atoms with Crippen LogP contribution in [-0.4, -0.2) is 22.6 Å². The lowest BCUT2D eigenvalue weighted by atomic mass is 9.96. The molecule has 0 N–H and O–H groups in total. The number of esters is 1. The van der Waals surface area contributed by atoms with Crippen molar-refractivity contribution in [2.75, 3.05) is 7.11 Å². The molecule has 4 rings (SSSR count). The number of non-ortho nitro benzene ring substituents is 1. The second kappa shape index (κ2) is 8.52. The Morgan fingerprint density at radius 3 is 2.66 bits per heavy atom. The van der Waals surface area contributed by atoms with Crippen molar-refractivity contribution in [3.63, 3.8) is 0 Å². The molecule has 0 spiro atoms. The molecule has 0 radical (unpaired) electrons. The van der Waals surface area contributed by atoms with Crippen LogP contribution in [0.5, 0.6) is 0 Å². The van der Waals surface area contributed by atoms with Gasteiger partial charge in [-0.2, -0.15) is 0 Å². The molecule has 2 aromatic carbocycles. The molecule has 0 bridgehead atoms. The predicted molar refractivity (Wildman–Crippen MR) is 120 cm³/mol. The molecule has 1 aliphatic heterocycles. The fourth-order valence-electron chi connectivity index (χ4n) is 3.53. The largest absolute Gasteiger partial charge is 0.466 e. The van der Waals surface area contributed by atoms with Gasteiger partial charge in [-0.3, -0.25) is 19.5 Å². The molecule has 0 saturated carbocycles. The van der Waals surface area contributed by atoms with Crippen LogP contribution in [0.25, 0.3) is 6.08 Å². The van der Waals surface area contributed by atoms with Crippen LogP contribution in [0.3, 0.4) is 0 Å². The first-order chi connectivity index (χ1) is 15.3. The van der Waals surface area contributed by atoms with Crippen LogP contribution in [-0.2, 0) is 9.53 Å². The average molecular weight is 470 g/mol. The Bertz CT molecular complexity index is 1450. The van der Waals surface area contributed by atoms with Crippen molar-refractivity contribution in [2.45, 2.75) is 13.0 Å². The van der Waals surface area contributed by atoms with Crippen LogP contribution in [0, 0.1) is 10.1 Å². The zero-order valence-corrected chi connectivity index (χ0v) is 18.5. The summed E-state index contributed by atoms with van der Waals surface area (Å²) in [6.07, 6.45) is 1.58. The van der Waals surface area contributed by atoms with Crippen molar-refractivity contribution in [3.05, 3.63) is 106 Å². The third-order valence-corrected chi connectivity index (χ3v) is 6.23. The summed E-state index contributed by atoms with van der Waals surface area (Å²) in [6, 6.07) is 12.1. The number of ether oxygens (including phenoxy) is 1. The maximum absolute atomic E-state index is 13.4. The topological polar surface area (TPSA) is 104 Å². The van der Waals surface area contributed by atoms with E-state index < -0.39 is 16.9 Å². The molecule has 162 valence electrons. The Hall–Kier alpha value is -3.56. The van der Waals surface area contributed by atoms with Crippen molar-refractivity contribution in [1.29, 1.82) is 0 Å². The van der Waals surface area contributed by atoms with Gasteiger partial charge in [0.2, 0.25) is 0 Å². The van der Waals surface area contributed by atoms with E-state index in [1.807, 2.05) is 0 Å². The van der Waals surface area contributed by atoms with E-state index in [1.54, 1.807) is 49.4 Å². The smallest absolute Gasteiger partial charge is 0.338 e. The summed E-state index contributed by atoms with van der Waals surface area (Å²) in [5.41, 5.74) is 1.44. The van der Waals surface area contributed by atoms with Gasteiger partial charge in [-0.15, -0.1) is 0 Å². The summed E-state index contributed by atoms with van der Waals surface area (Å²) in [5.74, 6) is -0.584. The molecule has 0 amide bonds. The summed E-state index contributed by atoms with van der Waals surface area (Å²) in [4.78, 5) is 41.5. The number of aromatic nitrogens is 1. The minimum atomic E-state index is -0.747. The number of nitro groups is 1. The lowest BCUT2D eigenvalue weighted by molar-refractivity contribution is -0.384. The van der Waals surface area contributed by atoms with E-state index in [4.69, 9.17) is 16.3 Å². The Kier molecular flexibility index (Phi) is 5.77. The molecule has 0 saturated heterocycles. The first-order valence-electron chi connectivity index (χ1n) is 9.41. The predicted octanol–water partition coefficient (Wildman–Crippen LogP) is 2.97. The average Bonchev–Trinajstić information content (AvgIpc) is 3.07. The second-order valence-corrected chi connectivity index (χ2v) is 8.42. The fraction of sp³-hybridized carbons (Fsp3) is 0.136. The van der Waals surface area contributed by atoms with Gasteiger partial charge in [0.05, 0.1) is 33.9 Å². The Morgan fingerprint density at radius 2 is 2.00 bits per heavy atom. The van der Waals surface area contributed by atoms with E-state index >= 15 is 0 Å². The number of fused-ring (bicyclic) bond motifs is 1. The van der Waals surface area contributed by atoms with E-state index in [1.165, 1.54) is 23.8 Å².